The number of carboxylic acids is 1. The van der Waals surface area contributed by atoms with Gasteiger partial charge >= 0.3 is 5.97 Å². The van der Waals surface area contributed by atoms with Crippen LogP contribution in [0.3, 0.4) is 0 Å². The molecule has 7 fully saturated rings. The molecule has 382 valence electrons. The van der Waals surface area contributed by atoms with Crippen LogP contribution in [0.1, 0.15) is 107 Å². The molecule has 3 heterocycles. The minimum absolute atomic E-state index is 0.00231. The normalized spacial score (nSPS) is 52.6. The van der Waals surface area contributed by atoms with E-state index in [9.17, 15) is 60.7 Å². The van der Waals surface area contributed by atoms with E-state index < -0.39 is 144 Å². The summed E-state index contributed by atoms with van der Waals surface area (Å²) in [5.41, 5.74) is -2.37. The quantitative estimate of drug-likeness (QED) is 0.108. The molecule has 0 radical (unpaired) electrons. The van der Waals surface area contributed by atoms with E-state index in [2.05, 4.69) is 46.0 Å². The van der Waals surface area contributed by atoms with Gasteiger partial charge in [0.05, 0.1) is 38.1 Å². The van der Waals surface area contributed by atoms with Gasteiger partial charge in [-0.3, -0.25) is 9.59 Å². The van der Waals surface area contributed by atoms with Crippen LogP contribution in [0.4, 0.5) is 0 Å². The highest BCUT2D eigenvalue weighted by Gasteiger charge is 2.72. The second-order valence-electron chi connectivity index (χ2n) is 23.5. The van der Waals surface area contributed by atoms with Crippen LogP contribution in [-0.4, -0.2) is 181 Å². The summed E-state index contributed by atoms with van der Waals surface area (Å²) in [4.78, 5) is 25.8. The highest BCUT2D eigenvalue weighted by molar-refractivity contribution is 5.78. The Bertz CT molecular complexity index is 1880. The summed E-state index contributed by atoms with van der Waals surface area (Å²) < 4.78 is 36.0. The third-order valence-corrected chi connectivity index (χ3v) is 19.2. The number of ether oxygens (including phenoxy) is 6. The molecule has 3 aliphatic heterocycles. The molecule has 19 nitrogen and oxygen atoms in total. The molecule has 1 amide bonds. The van der Waals surface area contributed by atoms with E-state index in [1.165, 1.54) is 6.92 Å². The Hall–Kier alpha value is -1.92. The number of amides is 1. The predicted octanol–water partition coefficient (Wildman–Crippen LogP) is 0.0698. The van der Waals surface area contributed by atoms with Gasteiger partial charge in [0.2, 0.25) is 5.91 Å². The van der Waals surface area contributed by atoms with Crippen molar-refractivity contribution in [2.45, 2.75) is 205 Å². The Morgan fingerprint density at radius 2 is 1.39 bits per heavy atom. The Morgan fingerprint density at radius 1 is 0.731 bits per heavy atom. The third kappa shape index (κ3) is 8.15. The summed E-state index contributed by atoms with van der Waals surface area (Å²) in [6, 6.07) is -1.18. The van der Waals surface area contributed by atoms with Crippen molar-refractivity contribution in [1.29, 1.82) is 0 Å². The number of carbonyl (C=O) groups is 2. The first kappa shape index (κ1) is 51.4. The van der Waals surface area contributed by atoms with Crippen molar-refractivity contribution in [2.24, 2.45) is 50.2 Å². The molecule has 0 spiro atoms. The van der Waals surface area contributed by atoms with Gasteiger partial charge in [-0.05, 0) is 96.2 Å². The average molecular weight is 956 g/mol. The van der Waals surface area contributed by atoms with Gasteiger partial charge in [0.25, 0.3) is 0 Å². The van der Waals surface area contributed by atoms with Gasteiger partial charge in [0.1, 0.15) is 66.4 Å². The van der Waals surface area contributed by atoms with E-state index in [4.69, 9.17) is 28.4 Å². The zero-order valence-corrected chi connectivity index (χ0v) is 40.1. The van der Waals surface area contributed by atoms with Gasteiger partial charge in [-0.2, -0.15) is 0 Å². The summed E-state index contributed by atoms with van der Waals surface area (Å²) in [7, 11) is 0. The maximum absolute atomic E-state index is 13.2. The topological polar surface area (TPSA) is 304 Å². The fraction of sp³-hybridized carbons (Fsp3) is 0.917. The van der Waals surface area contributed by atoms with Crippen molar-refractivity contribution in [1.82, 2.24) is 5.32 Å². The summed E-state index contributed by atoms with van der Waals surface area (Å²) in [6.07, 6.45) is -13.6. The molecule has 4 saturated carbocycles. The molecule has 23 atom stereocenters. The molecule has 0 aromatic heterocycles. The molecule has 0 bridgehead atoms. The second-order valence-corrected chi connectivity index (χ2v) is 23.5. The molecule has 5 aliphatic carbocycles. The Balaban J connectivity index is 1.01. The third-order valence-electron chi connectivity index (χ3n) is 19.2. The molecule has 67 heavy (non-hydrogen) atoms. The van der Waals surface area contributed by atoms with E-state index in [-0.39, 0.29) is 48.7 Å². The number of fused-ring (bicyclic) bond motifs is 7. The number of nitrogens with one attached hydrogen (secondary N) is 1. The molecule has 0 aromatic carbocycles. The fourth-order valence-corrected chi connectivity index (χ4v) is 15.0. The number of allylic oxidation sites excluding steroid dienone is 2. The van der Waals surface area contributed by atoms with E-state index in [0.29, 0.717) is 12.8 Å². The SMILES string of the molecule is CC(=O)N[C@H]1[C@H](O[C@H]2CC[C@@]3(C)C(CC[C@]4(C)[C@@H]3CC=C3[C@@H]5CC(C)(C)[C@@H](O)C[C@]5(C(=O)O)[C@H](O)C[C@]34C)C2(C)C)O[C@H](CO[C@@H]2OC[C@H](O)[C@H](O)[C@H]2O[C@@H]2OC[C@@H](O)[C@H](O)[C@H]2O)[C@@H](O)[C@@H]1O. The summed E-state index contributed by atoms with van der Waals surface area (Å²) in [5, 5.41) is 112. The maximum atomic E-state index is 13.2. The van der Waals surface area contributed by atoms with Crippen LogP contribution < -0.4 is 5.32 Å². The molecule has 1 unspecified atom stereocenters. The number of hydrogen-bond acceptors (Lipinski definition) is 17. The van der Waals surface area contributed by atoms with Crippen molar-refractivity contribution in [3.63, 3.8) is 0 Å². The molecule has 11 N–H and O–H groups in total. The van der Waals surface area contributed by atoms with Gasteiger partial charge in [-0.25, -0.2) is 0 Å². The lowest BCUT2D eigenvalue weighted by Gasteiger charge is -2.72. The molecule has 0 aromatic rings. The zero-order chi connectivity index (χ0) is 49.1. The van der Waals surface area contributed by atoms with Crippen LogP contribution in [0.25, 0.3) is 0 Å². The smallest absolute Gasteiger partial charge is 0.312 e. The number of aliphatic hydroxyl groups is 9. The number of aliphatic carboxylic acids is 1. The zero-order valence-electron chi connectivity index (χ0n) is 40.1. The van der Waals surface area contributed by atoms with E-state index in [1.807, 2.05) is 13.8 Å². The summed E-state index contributed by atoms with van der Waals surface area (Å²) in [6.45, 7) is 15.3. The van der Waals surface area contributed by atoms with Crippen molar-refractivity contribution in [2.75, 3.05) is 19.8 Å². The van der Waals surface area contributed by atoms with Crippen LogP contribution in [0.2, 0.25) is 0 Å². The number of hydrogen-bond donors (Lipinski definition) is 11. The fourth-order valence-electron chi connectivity index (χ4n) is 15.0. The molecule has 8 rings (SSSR count). The Kier molecular flexibility index (Phi) is 13.8. The first-order chi connectivity index (χ1) is 31.1. The number of carbonyl (C=O) groups excluding carboxylic acids is 1. The summed E-state index contributed by atoms with van der Waals surface area (Å²) >= 11 is 0. The van der Waals surface area contributed by atoms with Crippen LogP contribution in [0.5, 0.6) is 0 Å². The van der Waals surface area contributed by atoms with Gasteiger partial charge in [0.15, 0.2) is 18.9 Å². The highest BCUT2D eigenvalue weighted by atomic mass is 16.8. The van der Waals surface area contributed by atoms with Crippen LogP contribution in [-0.2, 0) is 38.0 Å². The number of aliphatic hydroxyl groups excluding tert-OH is 9. The van der Waals surface area contributed by atoms with Crippen LogP contribution in [0, 0.1) is 50.2 Å². The maximum Gasteiger partial charge on any atom is 0.312 e. The first-order valence-corrected chi connectivity index (χ1v) is 24.3. The highest BCUT2D eigenvalue weighted by Crippen LogP contribution is 2.76. The van der Waals surface area contributed by atoms with Crippen molar-refractivity contribution in [3.05, 3.63) is 11.6 Å². The molecule has 8 aliphatic rings. The van der Waals surface area contributed by atoms with Crippen LogP contribution in [0.15, 0.2) is 11.6 Å². The monoisotopic (exact) mass is 956 g/mol. The number of carboxylic acid groups (broad SMARTS) is 1. The van der Waals surface area contributed by atoms with Crippen molar-refractivity contribution in [3.8, 4) is 0 Å². The lowest BCUT2D eigenvalue weighted by atomic mass is 9.33. The summed E-state index contributed by atoms with van der Waals surface area (Å²) in [5.74, 6) is -1.66. The second kappa shape index (κ2) is 18.0. The Labute approximate surface area is 392 Å². The molecular formula is C48H77NO18. The van der Waals surface area contributed by atoms with E-state index >= 15 is 0 Å². The van der Waals surface area contributed by atoms with Crippen molar-refractivity contribution < 1.29 is 89.1 Å². The largest absolute Gasteiger partial charge is 0.481 e. The Morgan fingerprint density at radius 3 is 2.04 bits per heavy atom. The number of rotatable bonds is 9. The minimum Gasteiger partial charge on any atom is -0.481 e. The van der Waals surface area contributed by atoms with Crippen LogP contribution >= 0.6 is 0 Å². The lowest BCUT2D eigenvalue weighted by molar-refractivity contribution is -0.352. The standard InChI is InChI=1S/C48H77NO18/c1-21(50)49-32-36(58)35(57)26(20-64-41-38(34(56)25(52)19-63-41)67-40-37(59)33(55)24(51)18-62-40)65-39(32)66-31-12-13-45(6)27(44(31,4)5)11-14-46(7)28(45)10-9-22-23-15-43(2,3)29(53)17-48(23,42(60)61)30(54)16-47(22,46)8/h9,23-41,51-59H,10-20H2,1-8H3,(H,49,50)(H,60,61)/t23-,24+,25-,26+,27?,28+,29-,30+,31-,32+,33-,34-,35+,36+,37+,38+,39-,40-,41-,45-,46+,47+,48+/m0/s1. The van der Waals surface area contributed by atoms with Gasteiger partial charge in [-0.1, -0.05) is 60.1 Å². The molecule has 3 saturated heterocycles. The molecular weight excluding hydrogens is 879 g/mol. The first-order valence-electron chi connectivity index (χ1n) is 24.3. The average Bonchev–Trinajstić information content (AvgIpc) is 3.24. The van der Waals surface area contributed by atoms with Crippen molar-refractivity contribution >= 4 is 11.9 Å². The molecule has 19 heteroatoms. The minimum atomic E-state index is -1.72. The van der Waals surface area contributed by atoms with Gasteiger partial charge in [0, 0.05) is 6.92 Å². The van der Waals surface area contributed by atoms with E-state index in [1.54, 1.807) is 0 Å². The van der Waals surface area contributed by atoms with E-state index in [0.717, 1.165) is 31.3 Å². The van der Waals surface area contributed by atoms with Gasteiger partial charge in [-0.15, -0.1) is 0 Å². The van der Waals surface area contributed by atoms with Gasteiger partial charge < -0.3 is 84.8 Å². The lowest BCUT2D eigenvalue weighted by Crippen LogP contribution is -2.69. The predicted molar refractivity (Wildman–Crippen MR) is 233 cm³/mol.